The van der Waals surface area contributed by atoms with Gasteiger partial charge in [0.25, 0.3) is 0 Å². The lowest BCUT2D eigenvalue weighted by molar-refractivity contribution is -0.123. The molecule has 0 spiro atoms. The molecule has 1 amide bonds. The number of fused-ring (bicyclic) bond motifs is 1. The fourth-order valence-electron chi connectivity index (χ4n) is 2.81. The smallest absolute Gasteiger partial charge is 0.227 e. The first-order valence-electron chi connectivity index (χ1n) is 6.92. The van der Waals surface area contributed by atoms with E-state index in [-0.39, 0.29) is 17.9 Å². The van der Waals surface area contributed by atoms with Crippen LogP contribution in [0.5, 0.6) is 0 Å². The van der Waals surface area contributed by atoms with Crippen molar-refractivity contribution in [2.45, 2.75) is 24.9 Å². The first-order valence-corrected chi connectivity index (χ1v) is 6.92. The lowest BCUT2D eigenvalue weighted by Gasteiger charge is -2.27. The predicted octanol–water partition coefficient (Wildman–Crippen LogP) is 2.49. The molecular formula is C17H18N2O. The second kappa shape index (κ2) is 5.47. The van der Waals surface area contributed by atoms with E-state index < -0.39 is 0 Å². The lowest BCUT2D eigenvalue weighted by Crippen LogP contribution is -2.36. The summed E-state index contributed by atoms with van der Waals surface area (Å²) in [6, 6.07) is 17.9. The van der Waals surface area contributed by atoms with E-state index in [1.807, 2.05) is 48.5 Å². The van der Waals surface area contributed by atoms with E-state index >= 15 is 0 Å². The molecule has 3 nitrogen and oxygen atoms in total. The molecule has 3 rings (SSSR count). The van der Waals surface area contributed by atoms with Gasteiger partial charge in [0, 0.05) is 12.6 Å². The molecule has 2 aromatic carbocycles. The van der Waals surface area contributed by atoms with Gasteiger partial charge in [-0.3, -0.25) is 4.79 Å². The van der Waals surface area contributed by atoms with Gasteiger partial charge < -0.3 is 11.1 Å². The molecule has 0 radical (unpaired) electrons. The summed E-state index contributed by atoms with van der Waals surface area (Å²) in [6.07, 6.45) is 0.632. The third kappa shape index (κ3) is 2.45. The Balaban J connectivity index is 1.85. The van der Waals surface area contributed by atoms with Gasteiger partial charge in [-0.1, -0.05) is 54.6 Å². The number of nitrogens with one attached hydrogen (secondary N) is 1. The molecular weight excluding hydrogens is 248 g/mol. The maximum Gasteiger partial charge on any atom is 0.227 e. The zero-order chi connectivity index (χ0) is 13.9. The van der Waals surface area contributed by atoms with E-state index in [9.17, 15) is 4.79 Å². The van der Waals surface area contributed by atoms with Crippen molar-refractivity contribution in [1.82, 2.24) is 5.32 Å². The second-order valence-corrected chi connectivity index (χ2v) is 5.22. The summed E-state index contributed by atoms with van der Waals surface area (Å²) in [5.74, 6) is -0.0785. The molecule has 1 aliphatic heterocycles. The van der Waals surface area contributed by atoms with Crippen molar-refractivity contribution in [3.63, 3.8) is 0 Å². The molecule has 2 aromatic rings. The molecule has 0 saturated heterocycles. The van der Waals surface area contributed by atoms with Crippen LogP contribution in [0, 0.1) is 0 Å². The number of carbonyl (C=O) groups is 1. The fourth-order valence-corrected chi connectivity index (χ4v) is 2.81. The minimum Gasteiger partial charge on any atom is -0.351 e. The number of rotatable bonds is 3. The Labute approximate surface area is 118 Å². The number of carbonyl (C=O) groups excluding carboxylic acids is 1. The number of benzene rings is 2. The first kappa shape index (κ1) is 12.9. The molecule has 0 aromatic heterocycles. The Morgan fingerprint density at radius 2 is 1.80 bits per heavy atom. The van der Waals surface area contributed by atoms with Crippen LogP contribution < -0.4 is 11.1 Å². The van der Waals surface area contributed by atoms with E-state index in [1.165, 1.54) is 5.56 Å². The molecule has 102 valence electrons. The molecule has 20 heavy (non-hydrogen) atoms. The van der Waals surface area contributed by atoms with Gasteiger partial charge >= 0.3 is 0 Å². The standard InChI is InChI=1S/C17H18N2O/c18-16(12-6-2-1-3-7-12)10-15-14-9-5-4-8-13(14)11-19-17(15)20/h1-9,15-16H,10-11,18H2,(H,19,20). The third-order valence-corrected chi connectivity index (χ3v) is 3.92. The van der Waals surface area contributed by atoms with Crippen LogP contribution in [0.3, 0.4) is 0 Å². The van der Waals surface area contributed by atoms with Crippen LogP contribution in [-0.4, -0.2) is 5.91 Å². The third-order valence-electron chi connectivity index (χ3n) is 3.92. The van der Waals surface area contributed by atoms with Crippen molar-refractivity contribution < 1.29 is 4.79 Å². The quantitative estimate of drug-likeness (QED) is 0.896. The minimum absolute atomic E-state index is 0.0788. The molecule has 2 unspecified atom stereocenters. The van der Waals surface area contributed by atoms with Gasteiger partial charge in [-0.25, -0.2) is 0 Å². The van der Waals surface area contributed by atoms with Gasteiger partial charge in [0.15, 0.2) is 0 Å². The van der Waals surface area contributed by atoms with E-state index in [0.29, 0.717) is 13.0 Å². The number of nitrogens with two attached hydrogens (primary N) is 1. The van der Waals surface area contributed by atoms with Gasteiger partial charge in [0.05, 0.1) is 5.92 Å². The van der Waals surface area contributed by atoms with Gasteiger partial charge in [-0.2, -0.15) is 0 Å². The van der Waals surface area contributed by atoms with E-state index in [2.05, 4.69) is 11.4 Å². The Hall–Kier alpha value is -2.13. The van der Waals surface area contributed by atoms with Gasteiger partial charge in [0.2, 0.25) is 5.91 Å². The summed E-state index contributed by atoms with van der Waals surface area (Å²) in [4.78, 5) is 12.2. The highest BCUT2D eigenvalue weighted by atomic mass is 16.1. The average molecular weight is 266 g/mol. The summed E-state index contributed by atoms with van der Waals surface area (Å²) in [5.41, 5.74) is 9.64. The predicted molar refractivity (Wildman–Crippen MR) is 79.0 cm³/mol. The summed E-state index contributed by atoms with van der Waals surface area (Å²) in [5, 5.41) is 2.95. The van der Waals surface area contributed by atoms with Crippen molar-refractivity contribution in [2.24, 2.45) is 5.73 Å². The molecule has 3 heteroatoms. The van der Waals surface area contributed by atoms with Crippen LogP contribution in [0.15, 0.2) is 54.6 Å². The zero-order valence-corrected chi connectivity index (χ0v) is 11.3. The van der Waals surface area contributed by atoms with Gasteiger partial charge in [-0.05, 0) is 23.1 Å². The largest absolute Gasteiger partial charge is 0.351 e. The lowest BCUT2D eigenvalue weighted by atomic mass is 9.84. The van der Waals surface area contributed by atoms with Crippen molar-refractivity contribution >= 4 is 5.91 Å². The Morgan fingerprint density at radius 1 is 1.10 bits per heavy atom. The highest BCUT2D eigenvalue weighted by molar-refractivity contribution is 5.85. The minimum atomic E-state index is -0.157. The van der Waals surface area contributed by atoms with Crippen molar-refractivity contribution in [3.8, 4) is 0 Å². The molecule has 2 atom stereocenters. The van der Waals surface area contributed by atoms with Crippen LogP contribution in [0.25, 0.3) is 0 Å². The Kier molecular flexibility index (Phi) is 3.52. The van der Waals surface area contributed by atoms with E-state index in [0.717, 1.165) is 11.1 Å². The molecule has 1 heterocycles. The summed E-state index contributed by atoms with van der Waals surface area (Å²) >= 11 is 0. The Bertz CT molecular complexity index is 609. The molecule has 0 bridgehead atoms. The summed E-state index contributed by atoms with van der Waals surface area (Å²) in [6.45, 7) is 0.617. The number of hydrogen-bond acceptors (Lipinski definition) is 2. The van der Waals surface area contributed by atoms with Gasteiger partial charge in [-0.15, -0.1) is 0 Å². The normalized spacial score (nSPS) is 19.1. The number of amides is 1. The van der Waals surface area contributed by atoms with E-state index in [4.69, 9.17) is 5.73 Å². The molecule has 0 fully saturated rings. The monoisotopic (exact) mass is 266 g/mol. The van der Waals surface area contributed by atoms with Crippen LogP contribution in [-0.2, 0) is 11.3 Å². The van der Waals surface area contributed by atoms with E-state index in [1.54, 1.807) is 0 Å². The van der Waals surface area contributed by atoms with Crippen molar-refractivity contribution in [3.05, 3.63) is 71.3 Å². The zero-order valence-electron chi connectivity index (χ0n) is 11.3. The summed E-state index contributed by atoms with van der Waals surface area (Å²) in [7, 11) is 0. The topological polar surface area (TPSA) is 55.1 Å². The first-order chi connectivity index (χ1) is 9.75. The van der Waals surface area contributed by atoms with Gasteiger partial charge in [0.1, 0.15) is 0 Å². The second-order valence-electron chi connectivity index (χ2n) is 5.22. The Morgan fingerprint density at radius 3 is 2.60 bits per heavy atom. The van der Waals surface area contributed by atoms with Crippen LogP contribution in [0.2, 0.25) is 0 Å². The van der Waals surface area contributed by atoms with Crippen LogP contribution in [0.1, 0.15) is 35.1 Å². The maximum atomic E-state index is 12.2. The fraction of sp³-hybridized carbons (Fsp3) is 0.235. The number of hydrogen-bond donors (Lipinski definition) is 2. The summed E-state index contributed by atoms with van der Waals surface area (Å²) < 4.78 is 0. The molecule has 1 aliphatic rings. The van der Waals surface area contributed by atoms with Crippen molar-refractivity contribution in [1.29, 1.82) is 0 Å². The van der Waals surface area contributed by atoms with Crippen LogP contribution in [0.4, 0.5) is 0 Å². The molecule has 0 saturated carbocycles. The maximum absolute atomic E-state index is 12.2. The van der Waals surface area contributed by atoms with Crippen LogP contribution >= 0.6 is 0 Å². The molecule has 3 N–H and O–H groups in total. The van der Waals surface area contributed by atoms with Crippen molar-refractivity contribution in [2.75, 3.05) is 0 Å². The highest BCUT2D eigenvalue weighted by Crippen LogP contribution is 2.31. The SMILES string of the molecule is NC(CC1C(=O)NCc2ccccc21)c1ccccc1. The molecule has 0 aliphatic carbocycles. The highest BCUT2D eigenvalue weighted by Gasteiger charge is 2.28. The average Bonchev–Trinajstić information content (AvgIpc) is 2.51.